The van der Waals surface area contributed by atoms with Gasteiger partial charge in [0.2, 0.25) is 5.91 Å². The Morgan fingerprint density at radius 3 is 2.71 bits per heavy atom. The molecular formula is C17H21NO3. The fourth-order valence-electron chi connectivity index (χ4n) is 2.67. The Morgan fingerprint density at radius 1 is 1.33 bits per heavy atom. The van der Waals surface area contributed by atoms with Crippen molar-refractivity contribution in [1.29, 1.82) is 0 Å². The van der Waals surface area contributed by atoms with Gasteiger partial charge in [-0.15, -0.1) is 0 Å². The minimum absolute atomic E-state index is 0.224. The molecule has 0 spiro atoms. The topological polar surface area (TPSA) is 57.6 Å². The number of aliphatic carboxylic acids is 1. The van der Waals surface area contributed by atoms with E-state index in [1.54, 1.807) is 6.08 Å². The van der Waals surface area contributed by atoms with Crippen LogP contribution >= 0.6 is 0 Å². The molecular weight excluding hydrogens is 266 g/mol. The number of benzene rings is 1. The Bertz CT molecular complexity index is 565. The van der Waals surface area contributed by atoms with Gasteiger partial charge in [0, 0.05) is 12.6 Å². The Hall–Kier alpha value is -2.10. The SMILES string of the molecule is Cc1ccccc1/C=C/C(=O)N1CCC(C)CC1C(=O)O. The number of hydrogen-bond acceptors (Lipinski definition) is 2. The number of carboxylic acids is 1. The molecule has 1 aromatic rings. The van der Waals surface area contributed by atoms with Gasteiger partial charge >= 0.3 is 5.97 Å². The number of carbonyl (C=O) groups is 2. The first-order valence-corrected chi connectivity index (χ1v) is 7.26. The Labute approximate surface area is 125 Å². The molecule has 21 heavy (non-hydrogen) atoms. The highest BCUT2D eigenvalue weighted by Crippen LogP contribution is 2.23. The molecule has 2 unspecified atom stereocenters. The molecule has 1 saturated heterocycles. The van der Waals surface area contributed by atoms with Crippen molar-refractivity contribution in [3.05, 3.63) is 41.5 Å². The molecule has 2 rings (SSSR count). The molecule has 2 atom stereocenters. The van der Waals surface area contributed by atoms with Crippen molar-refractivity contribution < 1.29 is 14.7 Å². The van der Waals surface area contributed by atoms with E-state index in [0.29, 0.717) is 18.9 Å². The second-order valence-corrected chi connectivity index (χ2v) is 5.71. The van der Waals surface area contributed by atoms with Crippen LogP contribution in [0.25, 0.3) is 6.08 Å². The van der Waals surface area contributed by atoms with E-state index in [2.05, 4.69) is 0 Å². The van der Waals surface area contributed by atoms with Crippen LogP contribution in [0.1, 0.15) is 30.9 Å². The molecule has 0 aromatic heterocycles. The van der Waals surface area contributed by atoms with Crippen molar-refractivity contribution in [2.75, 3.05) is 6.54 Å². The second-order valence-electron chi connectivity index (χ2n) is 5.71. The summed E-state index contributed by atoms with van der Waals surface area (Å²) in [6.07, 6.45) is 4.62. The van der Waals surface area contributed by atoms with E-state index in [1.165, 1.54) is 11.0 Å². The molecule has 4 nitrogen and oxygen atoms in total. The molecule has 1 aliphatic rings. The number of likely N-dealkylation sites (tertiary alicyclic amines) is 1. The van der Waals surface area contributed by atoms with Crippen LogP contribution < -0.4 is 0 Å². The van der Waals surface area contributed by atoms with Crippen molar-refractivity contribution in [1.82, 2.24) is 4.90 Å². The molecule has 0 saturated carbocycles. The van der Waals surface area contributed by atoms with Crippen LogP contribution in [-0.4, -0.2) is 34.5 Å². The van der Waals surface area contributed by atoms with Gasteiger partial charge in [0.25, 0.3) is 0 Å². The summed E-state index contributed by atoms with van der Waals surface area (Å²) in [6.45, 7) is 4.52. The molecule has 1 fully saturated rings. The summed E-state index contributed by atoms with van der Waals surface area (Å²) in [5.41, 5.74) is 2.06. The molecule has 1 amide bonds. The van der Waals surface area contributed by atoms with E-state index in [9.17, 15) is 14.7 Å². The number of carboxylic acid groups (broad SMARTS) is 1. The maximum absolute atomic E-state index is 12.3. The van der Waals surface area contributed by atoms with Crippen LogP contribution in [0.15, 0.2) is 30.3 Å². The number of aryl methyl sites for hydroxylation is 1. The van der Waals surface area contributed by atoms with Gasteiger partial charge < -0.3 is 10.0 Å². The standard InChI is InChI=1S/C17H21NO3/c1-12-9-10-18(15(11-12)17(20)21)16(19)8-7-14-6-4-3-5-13(14)2/h3-8,12,15H,9-11H2,1-2H3,(H,20,21)/b8-7+. The zero-order chi connectivity index (χ0) is 15.4. The highest BCUT2D eigenvalue weighted by atomic mass is 16.4. The monoisotopic (exact) mass is 287 g/mol. The Balaban J connectivity index is 2.12. The van der Waals surface area contributed by atoms with Crippen molar-refractivity contribution in [3.8, 4) is 0 Å². The van der Waals surface area contributed by atoms with Gasteiger partial charge in [0.1, 0.15) is 6.04 Å². The number of hydrogen-bond donors (Lipinski definition) is 1. The second kappa shape index (κ2) is 6.57. The maximum atomic E-state index is 12.3. The van der Waals surface area contributed by atoms with E-state index in [-0.39, 0.29) is 5.91 Å². The lowest BCUT2D eigenvalue weighted by molar-refractivity contribution is -0.151. The highest BCUT2D eigenvalue weighted by molar-refractivity contribution is 5.94. The number of piperidine rings is 1. The lowest BCUT2D eigenvalue weighted by atomic mass is 9.92. The molecule has 0 radical (unpaired) electrons. The quantitative estimate of drug-likeness (QED) is 0.870. The van der Waals surface area contributed by atoms with Crippen LogP contribution in [0, 0.1) is 12.8 Å². The number of rotatable bonds is 3. The first-order valence-electron chi connectivity index (χ1n) is 7.26. The summed E-state index contributed by atoms with van der Waals surface area (Å²) < 4.78 is 0. The smallest absolute Gasteiger partial charge is 0.326 e. The summed E-state index contributed by atoms with van der Waals surface area (Å²) in [5, 5.41) is 9.29. The van der Waals surface area contributed by atoms with E-state index >= 15 is 0 Å². The molecule has 0 bridgehead atoms. The average molecular weight is 287 g/mol. The summed E-state index contributed by atoms with van der Waals surface area (Å²) in [4.78, 5) is 25.1. The zero-order valence-corrected chi connectivity index (χ0v) is 12.5. The third-order valence-electron chi connectivity index (χ3n) is 4.03. The summed E-state index contributed by atoms with van der Waals surface area (Å²) in [6, 6.07) is 7.07. The third-order valence-corrected chi connectivity index (χ3v) is 4.03. The van der Waals surface area contributed by atoms with Crippen LogP contribution in [0.2, 0.25) is 0 Å². The van der Waals surface area contributed by atoms with Crippen LogP contribution in [-0.2, 0) is 9.59 Å². The van der Waals surface area contributed by atoms with Crippen molar-refractivity contribution in [2.45, 2.75) is 32.7 Å². The largest absolute Gasteiger partial charge is 0.480 e. The Kier molecular flexibility index (Phi) is 4.78. The van der Waals surface area contributed by atoms with Gasteiger partial charge in [-0.1, -0.05) is 31.2 Å². The summed E-state index contributed by atoms with van der Waals surface area (Å²) in [5.74, 6) is -0.799. The molecule has 4 heteroatoms. The fraction of sp³-hybridized carbons (Fsp3) is 0.412. The lowest BCUT2D eigenvalue weighted by Crippen LogP contribution is -2.49. The predicted molar refractivity (Wildman–Crippen MR) is 81.7 cm³/mol. The highest BCUT2D eigenvalue weighted by Gasteiger charge is 2.33. The van der Waals surface area contributed by atoms with Gasteiger partial charge in [0.05, 0.1) is 0 Å². The minimum Gasteiger partial charge on any atom is -0.480 e. The molecule has 0 aliphatic carbocycles. The third kappa shape index (κ3) is 3.72. The average Bonchev–Trinajstić information content (AvgIpc) is 2.46. The van der Waals surface area contributed by atoms with Gasteiger partial charge in [0.15, 0.2) is 0 Å². The first-order chi connectivity index (χ1) is 9.99. The zero-order valence-electron chi connectivity index (χ0n) is 12.5. The van der Waals surface area contributed by atoms with Gasteiger partial charge in [-0.3, -0.25) is 4.79 Å². The molecule has 1 aromatic carbocycles. The predicted octanol–water partition coefficient (Wildman–Crippen LogP) is 2.72. The molecule has 1 N–H and O–H groups in total. The number of nitrogens with zero attached hydrogens (tertiary/aromatic N) is 1. The summed E-state index contributed by atoms with van der Waals surface area (Å²) >= 11 is 0. The van der Waals surface area contributed by atoms with Crippen LogP contribution in [0.5, 0.6) is 0 Å². The van der Waals surface area contributed by atoms with Crippen molar-refractivity contribution in [3.63, 3.8) is 0 Å². The normalized spacial score (nSPS) is 22.5. The lowest BCUT2D eigenvalue weighted by Gasteiger charge is -2.35. The number of amides is 1. The molecule has 112 valence electrons. The first kappa shape index (κ1) is 15.3. The van der Waals surface area contributed by atoms with E-state index in [1.807, 2.05) is 38.1 Å². The van der Waals surface area contributed by atoms with Crippen molar-refractivity contribution >= 4 is 18.0 Å². The maximum Gasteiger partial charge on any atom is 0.326 e. The van der Waals surface area contributed by atoms with E-state index in [0.717, 1.165) is 17.5 Å². The van der Waals surface area contributed by atoms with E-state index in [4.69, 9.17) is 0 Å². The van der Waals surface area contributed by atoms with Crippen LogP contribution in [0.3, 0.4) is 0 Å². The van der Waals surface area contributed by atoms with Gasteiger partial charge in [-0.05, 0) is 42.9 Å². The van der Waals surface area contributed by atoms with Gasteiger partial charge in [-0.2, -0.15) is 0 Å². The van der Waals surface area contributed by atoms with Crippen molar-refractivity contribution in [2.24, 2.45) is 5.92 Å². The fourth-order valence-corrected chi connectivity index (χ4v) is 2.67. The summed E-state index contributed by atoms with van der Waals surface area (Å²) in [7, 11) is 0. The Morgan fingerprint density at radius 2 is 2.05 bits per heavy atom. The molecule has 1 aliphatic heterocycles. The minimum atomic E-state index is -0.917. The van der Waals surface area contributed by atoms with Crippen LogP contribution in [0.4, 0.5) is 0 Å². The molecule has 1 heterocycles. The van der Waals surface area contributed by atoms with Gasteiger partial charge in [-0.25, -0.2) is 4.79 Å². The van der Waals surface area contributed by atoms with E-state index < -0.39 is 12.0 Å². The number of carbonyl (C=O) groups excluding carboxylic acids is 1.